The van der Waals surface area contributed by atoms with Crippen molar-refractivity contribution in [2.45, 2.75) is 39.2 Å². The molecule has 1 unspecified atom stereocenters. The lowest BCUT2D eigenvalue weighted by molar-refractivity contribution is -0.142. The van der Waals surface area contributed by atoms with Crippen LogP contribution in [0.5, 0.6) is 5.88 Å². The maximum Gasteiger partial charge on any atom is 0.329 e. The topological polar surface area (TPSA) is 75.6 Å². The molecular formula is C13H19N3O3. The Morgan fingerprint density at radius 1 is 1.58 bits per heavy atom. The fourth-order valence-corrected chi connectivity index (χ4v) is 2.50. The van der Waals surface area contributed by atoms with E-state index in [2.05, 4.69) is 9.97 Å². The molecule has 6 nitrogen and oxygen atoms in total. The number of aliphatic carboxylic acids is 1. The smallest absolute Gasteiger partial charge is 0.329 e. The van der Waals surface area contributed by atoms with Crippen LogP contribution in [0.4, 0.5) is 5.82 Å². The average Bonchev–Trinajstić information content (AvgIpc) is 2.76. The summed E-state index contributed by atoms with van der Waals surface area (Å²) in [6.45, 7) is 6.70. The van der Waals surface area contributed by atoms with E-state index in [4.69, 9.17) is 4.74 Å². The summed E-state index contributed by atoms with van der Waals surface area (Å²) in [5.41, 5.74) is -0.110. The Balaban J connectivity index is 2.41. The minimum atomic E-state index is -0.900. The largest absolute Gasteiger partial charge is 0.480 e. The summed E-state index contributed by atoms with van der Waals surface area (Å²) in [7, 11) is 0. The molecule has 1 saturated heterocycles. The molecule has 2 rings (SSSR count). The van der Waals surface area contributed by atoms with Gasteiger partial charge in [-0.25, -0.2) is 14.8 Å². The standard InChI is InChI=1S/C13H19N3O3/c1-4-19-11-9(2)10(14-8-15-11)16-7-5-6-13(16,3)12(17)18/h8H,4-7H2,1-3H3,(H,17,18). The number of rotatable bonds is 4. The molecule has 1 aliphatic heterocycles. The highest BCUT2D eigenvalue weighted by Gasteiger charge is 2.44. The molecule has 0 aliphatic carbocycles. The normalized spacial score (nSPS) is 22.6. The van der Waals surface area contributed by atoms with E-state index in [1.165, 1.54) is 6.33 Å². The third-order valence-electron chi connectivity index (χ3n) is 3.65. The highest BCUT2D eigenvalue weighted by molar-refractivity contribution is 5.84. The Hall–Kier alpha value is -1.85. The van der Waals surface area contributed by atoms with Gasteiger partial charge >= 0.3 is 5.97 Å². The van der Waals surface area contributed by atoms with Gasteiger partial charge in [-0.1, -0.05) is 0 Å². The van der Waals surface area contributed by atoms with Gasteiger partial charge in [-0.3, -0.25) is 0 Å². The molecule has 104 valence electrons. The van der Waals surface area contributed by atoms with Crippen LogP contribution < -0.4 is 9.64 Å². The Bertz CT molecular complexity index is 492. The molecule has 0 aromatic carbocycles. The molecule has 19 heavy (non-hydrogen) atoms. The summed E-state index contributed by atoms with van der Waals surface area (Å²) in [6.07, 6.45) is 2.89. The summed E-state index contributed by atoms with van der Waals surface area (Å²) in [5, 5.41) is 9.45. The predicted molar refractivity (Wildman–Crippen MR) is 70.6 cm³/mol. The second kappa shape index (κ2) is 5.03. The van der Waals surface area contributed by atoms with Crippen LogP contribution in [0.1, 0.15) is 32.3 Å². The Morgan fingerprint density at radius 2 is 2.32 bits per heavy atom. The van der Waals surface area contributed by atoms with E-state index in [1.54, 1.807) is 6.92 Å². The van der Waals surface area contributed by atoms with Gasteiger partial charge in [0.25, 0.3) is 0 Å². The lowest BCUT2D eigenvalue weighted by Crippen LogP contribution is -2.48. The molecule has 0 spiro atoms. The van der Waals surface area contributed by atoms with Crippen molar-refractivity contribution in [1.29, 1.82) is 0 Å². The number of carboxylic acid groups (broad SMARTS) is 1. The summed E-state index contributed by atoms with van der Waals surface area (Å²) in [5.74, 6) is 0.356. The minimum absolute atomic E-state index is 0.520. The SMILES string of the molecule is CCOc1ncnc(N2CCCC2(C)C(=O)O)c1C. The number of nitrogens with zero attached hydrogens (tertiary/aromatic N) is 3. The van der Waals surface area contributed by atoms with Crippen molar-refractivity contribution < 1.29 is 14.6 Å². The molecule has 1 N–H and O–H groups in total. The van der Waals surface area contributed by atoms with E-state index in [9.17, 15) is 9.90 Å². The molecule has 1 atom stereocenters. The lowest BCUT2D eigenvalue weighted by atomic mass is 9.99. The van der Waals surface area contributed by atoms with Crippen LogP contribution in [-0.2, 0) is 4.79 Å². The van der Waals surface area contributed by atoms with Crippen LogP contribution in [0.2, 0.25) is 0 Å². The highest BCUT2D eigenvalue weighted by Crippen LogP contribution is 2.36. The molecule has 6 heteroatoms. The first-order valence-electron chi connectivity index (χ1n) is 6.46. The van der Waals surface area contributed by atoms with Crippen molar-refractivity contribution in [1.82, 2.24) is 9.97 Å². The lowest BCUT2D eigenvalue weighted by Gasteiger charge is -2.33. The summed E-state index contributed by atoms with van der Waals surface area (Å²) < 4.78 is 5.44. The number of anilines is 1. The second-order valence-corrected chi connectivity index (χ2v) is 4.89. The van der Waals surface area contributed by atoms with Crippen molar-refractivity contribution in [2.75, 3.05) is 18.1 Å². The van der Waals surface area contributed by atoms with Crippen molar-refractivity contribution >= 4 is 11.8 Å². The summed E-state index contributed by atoms with van der Waals surface area (Å²) in [4.78, 5) is 21.7. The van der Waals surface area contributed by atoms with E-state index in [0.717, 1.165) is 12.0 Å². The molecule has 2 heterocycles. The molecular weight excluding hydrogens is 246 g/mol. The number of ether oxygens (including phenoxy) is 1. The van der Waals surface area contributed by atoms with E-state index in [-0.39, 0.29) is 0 Å². The first-order valence-corrected chi connectivity index (χ1v) is 6.46. The number of carboxylic acids is 1. The average molecular weight is 265 g/mol. The predicted octanol–water partition coefficient (Wildman–Crippen LogP) is 1.63. The van der Waals surface area contributed by atoms with Crippen LogP contribution in [0.3, 0.4) is 0 Å². The van der Waals surface area contributed by atoms with Crippen molar-refractivity contribution in [3.05, 3.63) is 11.9 Å². The van der Waals surface area contributed by atoms with Gasteiger partial charge < -0.3 is 14.7 Å². The van der Waals surface area contributed by atoms with Gasteiger partial charge in [0.2, 0.25) is 5.88 Å². The zero-order valence-electron chi connectivity index (χ0n) is 11.5. The van der Waals surface area contributed by atoms with Gasteiger partial charge in [-0.05, 0) is 33.6 Å². The van der Waals surface area contributed by atoms with Crippen LogP contribution in [-0.4, -0.2) is 39.7 Å². The van der Waals surface area contributed by atoms with E-state index >= 15 is 0 Å². The van der Waals surface area contributed by atoms with E-state index in [1.807, 2.05) is 18.7 Å². The molecule has 1 aromatic rings. The van der Waals surface area contributed by atoms with Crippen molar-refractivity contribution in [3.63, 3.8) is 0 Å². The van der Waals surface area contributed by atoms with Crippen molar-refractivity contribution in [2.24, 2.45) is 0 Å². The van der Waals surface area contributed by atoms with Gasteiger partial charge in [0.05, 0.1) is 12.2 Å². The van der Waals surface area contributed by atoms with Crippen LogP contribution >= 0.6 is 0 Å². The second-order valence-electron chi connectivity index (χ2n) is 4.89. The minimum Gasteiger partial charge on any atom is -0.480 e. The number of hydrogen-bond donors (Lipinski definition) is 1. The maximum atomic E-state index is 11.5. The quantitative estimate of drug-likeness (QED) is 0.891. The maximum absolute atomic E-state index is 11.5. The monoisotopic (exact) mass is 265 g/mol. The fourth-order valence-electron chi connectivity index (χ4n) is 2.50. The van der Waals surface area contributed by atoms with Crippen molar-refractivity contribution in [3.8, 4) is 5.88 Å². The van der Waals surface area contributed by atoms with Gasteiger partial charge in [0.1, 0.15) is 17.7 Å². The molecule has 1 fully saturated rings. The van der Waals surface area contributed by atoms with E-state index < -0.39 is 11.5 Å². The third kappa shape index (κ3) is 2.22. The Morgan fingerprint density at radius 3 is 2.95 bits per heavy atom. The zero-order chi connectivity index (χ0) is 14.0. The molecule has 0 radical (unpaired) electrons. The molecule has 0 saturated carbocycles. The van der Waals surface area contributed by atoms with Crippen LogP contribution in [0.15, 0.2) is 6.33 Å². The van der Waals surface area contributed by atoms with E-state index in [0.29, 0.717) is 31.3 Å². The highest BCUT2D eigenvalue weighted by atomic mass is 16.5. The molecule has 0 amide bonds. The zero-order valence-corrected chi connectivity index (χ0v) is 11.5. The first-order chi connectivity index (χ1) is 9.00. The summed E-state index contributed by atoms with van der Waals surface area (Å²) >= 11 is 0. The van der Waals surface area contributed by atoms with Crippen LogP contribution in [0, 0.1) is 6.92 Å². The van der Waals surface area contributed by atoms with Gasteiger partial charge in [0.15, 0.2) is 0 Å². The molecule has 1 aromatic heterocycles. The van der Waals surface area contributed by atoms with Gasteiger partial charge in [-0.15, -0.1) is 0 Å². The molecule has 1 aliphatic rings. The first kappa shape index (κ1) is 13.6. The Kier molecular flexibility index (Phi) is 3.59. The van der Waals surface area contributed by atoms with Crippen LogP contribution in [0.25, 0.3) is 0 Å². The number of carbonyl (C=O) groups is 1. The third-order valence-corrected chi connectivity index (χ3v) is 3.65. The number of aromatic nitrogens is 2. The summed E-state index contributed by atoms with van der Waals surface area (Å²) in [6, 6.07) is 0. The Labute approximate surface area is 112 Å². The number of hydrogen-bond acceptors (Lipinski definition) is 5. The van der Waals surface area contributed by atoms with Gasteiger partial charge in [0, 0.05) is 6.54 Å². The molecule has 0 bridgehead atoms. The van der Waals surface area contributed by atoms with Gasteiger partial charge in [-0.2, -0.15) is 0 Å². The fraction of sp³-hybridized carbons (Fsp3) is 0.615.